The minimum Gasteiger partial charge on any atom is -0.481 e. The maximum absolute atomic E-state index is 12.0. The van der Waals surface area contributed by atoms with Crippen molar-refractivity contribution in [2.75, 3.05) is 6.61 Å². The zero-order chi connectivity index (χ0) is 23.1. The Hall–Kier alpha value is -1.26. The smallest absolute Gasteiger partial charge is 0.303 e. The molecule has 0 radical (unpaired) electrons. The summed E-state index contributed by atoms with van der Waals surface area (Å²) >= 11 is 0. The van der Waals surface area contributed by atoms with Gasteiger partial charge in [-0.1, -0.05) is 64.2 Å². The van der Waals surface area contributed by atoms with Gasteiger partial charge < -0.3 is 35.6 Å². The fraction of sp³-hybridized carbons (Fsp3) is 0.909. The summed E-state index contributed by atoms with van der Waals surface area (Å²) in [5.41, 5.74) is 0. The van der Waals surface area contributed by atoms with Crippen LogP contribution in [0, 0.1) is 0 Å². The molecular weight excluding hydrogens is 406 g/mol. The molecule has 0 spiro atoms. The predicted octanol–water partition coefficient (Wildman–Crippen LogP) is 1.45. The normalized spacial score (nSPS) is 26.0. The topological polar surface area (TPSA) is 157 Å². The van der Waals surface area contributed by atoms with Gasteiger partial charge >= 0.3 is 5.97 Å². The number of carbonyl (C=O) groups is 2. The van der Waals surface area contributed by atoms with Gasteiger partial charge in [-0.05, 0) is 12.8 Å². The van der Waals surface area contributed by atoms with E-state index in [2.05, 4.69) is 5.32 Å². The average molecular weight is 448 g/mol. The summed E-state index contributed by atoms with van der Waals surface area (Å²) in [5.74, 6) is -1.01. The molecular formula is C22H41NO8. The SMILES string of the molecule is O=C(O)CCCCCCCCCCCCCCC(=O)NC1O[C@H](CO)[C@@H](O)[C@H](O)[C@H]1O. The highest BCUT2D eigenvalue weighted by molar-refractivity contribution is 5.76. The number of nitrogens with one attached hydrogen (secondary N) is 1. The lowest BCUT2D eigenvalue weighted by Crippen LogP contribution is -2.63. The zero-order valence-electron chi connectivity index (χ0n) is 18.5. The predicted molar refractivity (Wildman–Crippen MR) is 114 cm³/mol. The highest BCUT2D eigenvalue weighted by Crippen LogP contribution is 2.20. The van der Waals surface area contributed by atoms with E-state index in [4.69, 9.17) is 14.9 Å². The van der Waals surface area contributed by atoms with Gasteiger partial charge in [-0.3, -0.25) is 9.59 Å². The third-order valence-corrected chi connectivity index (χ3v) is 5.74. The van der Waals surface area contributed by atoms with Gasteiger partial charge in [-0.2, -0.15) is 0 Å². The van der Waals surface area contributed by atoms with Gasteiger partial charge in [-0.15, -0.1) is 0 Å². The molecule has 1 saturated heterocycles. The Balaban J connectivity index is 1.96. The quantitative estimate of drug-likeness (QED) is 0.183. The fourth-order valence-electron chi connectivity index (χ4n) is 3.78. The molecule has 0 aromatic heterocycles. The molecule has 1 amide bonds. The van der Waals surface area contributed by atoms with Gasteiger partial charge in [0, 0.05) is 12.8 Å². The summed E-state index contributed by atoms with van der Waals surface area (Å²) in [4.78, 5) is 22.4. The number of amides is 1. The van der Waals surface area contributed by atoms with Crippen molar-refractivity contribution in [3.8, 4) is 0 Å². The molecule has 182 valence electrons. The lowest BCUT2D eigenvalue weighted by Gasteiger charge is -2.40. The van der Waals surface area contributed by atoms with Gasteiger partial charge in [-0.25, -0.2) is 0 Å². The van der Waals surface area contributed by atoms with Crippen molar-refractivity contribution in [2.45, 2.75) is 121 Å². The van der Waals surface area contributed by atoms with E-state index in [0.29, 0.717) is 0 Å². The Morgan fingerprint density at radius 1 is 0.677 bits per heavy atom. The van der Waals surface area contributed by atoms with E-state index >= 15 is 0 Å². The molecule has 9 nitrogen and oxygen atoms in total. The van der Waals surface area contributed by atoms with Gasteiger partial charge in [0.2, 0.25) is 5.91 Å². The molecule has 6 N–H and O–H groups in total. The Morgan fingerprint density at radius 2 is 1.13 bits per heavy atom. The number of carbonyl (C=O) groups excluding carboxylic acids is 1. The second-order valence-electron chi connectivity index (χ2n) is 8.45. The molecule has 1 heterocycles. The molecule has 0 aromatic rings. The van der Waals surface area contributed by atoms with Crippen molar-refractivity contribution in [2.24, 2.45) is 0 Å². The molecule has 9 heteroatoms. The first-order chi connectivity index (χ1) is 14.9. The van der Waals surface area contributed by atoms with Crippen molar-refractivity contribution in [1.82, 2.24) is 5.32 Å². The van der Waals surface area contributed by atoms with Crippen molar-refractivity contribution in [1.29, 1.82) is 0 Å². The summed E-state index contributed by atoms with van der Waals surface area (Å²) in [6.45, 7) is -0.524. The van der Waals surface area contributed by atoms with E-state index in [0.717, 1.165) is 44.9 Å². The number of aliphatic carboxylic acids is 1. The van der Waals surface area contributed by atoms with Crippen molar-refractivity contribution in [3.63, 3.8) is 0 Å². The Bertz CT molecular complexity index is 502. The second kappa shape index (κ2) is 16.4. The molecule has 0 bridgehead atoms. The first-order valence-electron chi connectivity index (χ1n) is 11.7. The Kier molecular flexibility index (Phi) is 14.7. The van der Waals surface area contributed by atoms with Crippen LogP contribution in [-0.2, 0) is 14.3 Å². The number of aliphatic hydroxyl groups is 4. The molecule has 1 unspecified atom stereocenters. The summed E-state index contributed by atoms with van der Waals surface area (Å²) in [6, 6.07) is 0. The monoisotopic (exact) mass is 447 g/mol. The maximum atomic E-state index is 12.0. The van der Waals surface area contributed by atoms with Gasteiger partial charge in [0.05, 0.1) is 6.61 Å². The van der Waals surface area contributed by atoms with E-state index < -0.39 is 43.2 Å². The Labute approximate surface area is 184 Å². The molecule has 1 aliphatic heterocycles. The minimum atomic E-state index is -1.49. The Morgan fingerprint density at radius 3 is 1.58 bits per heavy atom. The largest absolute Gasteiger partial charge is 0.481 e. The fourth-order valence-corrected chi connectivity index (χ4v) is 3.78. The molecule has 0 saturated carbocycles. The molecule has 5 atom stereocenters. The second-order valence-corrected chi connectivity index (χ2v) is 8.45. The lowest BCUT2D eigenvalue weighted by molar-refractivity contribution is -0.236. The van der Waals surface area contributed by atoms with Crippen LogP contribution in [0.1, 0.15) is 89.9 Å². The maximum Gasteiger partial charge on any atom is 0.303 e. The number of rotatable bonds is 17. The van der Waals surface area contributed by atoms with Crippen LogP contribution in [0.15, 0.2) is 0 Å². The summed E-state index contributed by atoms with van der Waals surface area (Å²) in [6.07, 6.45) is 6.69. The number of carboxylic acids is 1. The molecule has 1 fully saturated rings. The molecule has 0 aliphatic carbocycles. The number of hydrogen-bond acceptors (Lipinski definition) is 7. The average Bonchev–Trinajstić information content (AvgIpc) is 2.74. The van der Waals surface area contributed by atoms with E-state index in [9.17, 15) is 24.9 Å². The molecule has 0 aromatic carbocycles. The van der Waals surface area contributed by atoms with Crippen LogP contribution < -0.4 is 5.32 Å². The van der Waals surface area contributed by atoms with Crippen molar-refractivity contribution < 1.29 is 39.9 Å². The first kappa shape index (κ1) is 27.8. The highest BCUT2D eigenvalue weighted by Gasteiger charge is 2.43. The number of aliphatic hydroxyl groups excluding tert-OH is 4. The molecule has 1 aliphatic rings. The van der Waals surface area contributed by atoms with E-state index in [-0.39, 0.29) is 18.7 Å². The molecule has 1 rings (SSSR count). The van der Waals surface area contributed by atoms with Crippen LogP contribution >= 0.6 is 0 Å². The standard InChI is InChI=1S/C22H41NO8/c24-15-16-19(28)20(29)21(30)22(31-16)23-17(25)13-11-9-7-5-3-1-2-4-6-8-10-12-14-18(26)27/h16,19-22,24,28-30H,1-15H2,(H,23,25)(H,26,27)/t16-,19-,20+,21-,22?/m1/s1. The molecule has 31 heavy (non-hydrogen) atoms. The van der Waals surface area contributed by atoms with Crippen LogP contribution in [0.2, 0.25) is 0 Å². The summed E-state index contributed by atoms with van der Waals surface area (Å²) in [5, 5.41) is 49.6. The van der Waals surface area contributed by atoms with Crippen LogP contribution in [0.4, 0.5) is 0 Å². The minimum absolute atomic E-state index is 0.273. The van der Waals surface area contributed by atoms with E-state index in [1.54, 1.807) is 0 Å². The lowest BCUT2D eigenvalue weighted by atomic mass is 9.98. The third-order valence-electron chi connectivity index (χ3n) is 5.74. The number of ether oxygens (including phenoxy) is 1. The summed E-state index contributed by atoms with van der Waals surface area (Å²) in [7, 11) is 0. The van der Waals surface area contributed by atoms with Crippen LogP contribution in [0.3, 0.4) is 0 Å². The number of carboxylic acid groups (broad SMARTS) is 1. The van der Waals surface area contributed by atoms with E-state index in [1.807, 2.05) is 0 Å². The van der Waals surface area contributed by atoms with Crippen molar-refractivity contribution in [3.05, 3.63) is 0 Å². The third kappa shape index (κ3) is 11.8. The van der Waals surface area contributed by atoms with Crippen LogP contribution in [-0.4, -0.2) is 74.7 Å². The number of unbranched alkanes of at least 4 members (excludes halogenated alkanes) is 11. The highest BCUT2D eigenvalue weighted by atomic mass is 16.6. The van der Waals surface area contributed by atoms with Crippen molar-refractivity contribution >= 4 is 11.9 Å². The van der Waals surface area contributed by atoms with Gasteiger partial charge in [0.15, 0.2) is 6.23 Å². The first-order valence-corrected chi connectivity index (χ1v) is 11.7. The summed E-state index contributed by atoms with van der Waals surface area (Å²) < 4.78 is 5.26. The van der Waals surface area contributed by atoms with Crippen LogP contribution in [0.5, 0.6) is 0 Å². The number of hydrogen-bond donors (Lipinski definition) is 6. The van der Waals surface area contributed by atoms with Gasteiger partial charge in [0.25, 0.3) is 0 Å². The van der Waals surface area contributed by atoms with Gasteiger partial charge in [0.1, 0.15) is 24.4 Å². The zero-order valence-corrected chi connectivity index (χ0v) is 18.5. The van der Waals surface area contributed by atoms with E-state index in [1.165, 1.54) is 32.1 Å². The van der Waals surface area contributed by atoms with Crippen LogP contribution in [0.25, 0.3) is 0 Å².